The SMILES string of the molecule is O=C(Nc1ccccc1)C1CCc2cc3c(cc2O1)OCO3. The van der Waals surface area contributed by atoms with Crippen LogP contribution in [0.15, 0.2) is 42.5 Å². The Morgan fingerprint density at radius 2 is 1.82 bits per heavy atom. The van der Waals surface area contributed by atoms with Gasteiger partial charge in [0.25, 0.3) is 5.91 Å². The molecule has 0 aromatic heterocycles. The predicted molar refractivity (Wildman–Crippen MR) is 80.4 cm³/mol. The largest absolute Gasteiger partial charge is 0.480 e. The maximum atomic E-state index is 12.3. The van der Waals surface area contributed by atoms with Crippen molar-refractivity contribution in [3.63, 3.8) is 0 Å². The highest BCUT2D eigenvalue weighted by Crippen LogP contribution is 2.40. The summed E-state index contributed by atoms with van der Waals surface area (Å²) in [5.74, 6) is 1.98. The summed E-state index contributed by atoms with van der Waals surface area (Å²) >= 11 is 0. The van der Waals surface area contributed by atoms with Crippen molar-refractivity contribution >= 4 is 11.6 Å². The van der Waals surface area contributed by atoms with Gasteiger partial charge in [-0.05, 0) is 36.6 Å². The second-order valence-corrected chi connectivity index (χ2v) is 5.31. The number of amides is 1. The first-order valence-corrected chi connectivity index (χ1v) is 7.25. The van der Waals surface area contributed by atoms with Crippen LogP contribution >= 0.6 is 0 Å². The van der Waals surface area contributed by atoms with Gasteiger partial charge in [0, 0.05) is 11.8 Å². The summed E-state index contributed by atoms with van der Waals surface area (Å²) in [6.07, 6.45) is 0.928. The molecule has 0 saturated carbocycles. The van der Waals surface area contributed by atoms with Gasteiger partial charge in [-0.3, -0.25) is 4.79 Å². The van der Waals surface area contributed by atoms with Crippen LogP contribution in [-0.2, 0) is 11.2 Å². The molecule has 2 heterocycles. The molecule has 1 amide bonds. The average Bonchev–Trinajstić information content (AvgIpc) is 3.00. The summed E-state index contributed by atoms with van der Waals surface area (Å²) in [5, 5.41) is 2.87. The van der Waals surface area contributed by atoms with Crippen molar-refractivity contribution in [1.82, 2.24) is 0 Å². The fourth-order valence-electron chi connectivity index (χ4n) is 2.70. The zero-order chi connectivity index (χ0) is 14.9. The number of hydrogen-bond acceptors (Lipinski definition) is 4. The Bertz CT molecular complexity index is 714. The number of nitrogens with one attached hydrogen (secondary N) is 1. The molecule has 0 fully saturated rings. The maximum absolute atomic E-state index is 12.3. The number of benzene rings is 2. The van der Waals surface area contributed by atoms with Crippen molar-refractivity contribution in [2.24, 2.45) is 0 Å². The van der Waals surface area contributed by atoms with Crippen LogP contribution in [0.2, 0.25) is 0 Å². The smallest absolute Gasteiger partial charge is 0.265 e. The molecule has 2 aliphatic rings. The van der Waals surface area contributed by atoms with Crippen molar-refractivity contribution < 1.29 is 19.0 Å². The Balaban J connectivity index is 1.51. The Kier molecular flexibility index (Phi) is 3.11. The standard InChI is InChI=1S/C17H15NO4/c19-17(18-12-4-2-1-3-5-12)13-7-6-11-8-15-16(21-10-20-15)9-14(11)22-13/h1-5,8-9,13H,6-7,10H2,(H,18,19). The number of carbonyl (C=O) groups is 1. The van der Waals surface area contributed by atoms with E-state index in [1.165, 1.54) is 0 Å². The van der Waals surface area contributed by atoms with Crippen LogP contribution in [-0.4, -0.2) is 18.8 Å². The Morgan fingerprint density at radius 1 is 1.05 bits per heavy atom. The lowest BCUT2D eigenvalue weighted by molar-refractivity contribution is -0.123. The van der Waals surface area contributed by atoms with E-state index in [0.717, 1.165) is 23.4 Å². The highest BCUT2D eigenvalue weighted by atomic mass is 16.7. The molecule has 0 aliphatic carbocycles. The summed E-state index contributed by atoms with van der Waals surface area (Å²) in [6, 6.07) is 13.1. The lowest BCUT2D eigenvalue weighted by Gasteiger charge is -2.25. The van der Waals surface area contributed by atoms with Crippen LogP contribution in [0.1, 0.15) is 12.0 Å². The van der Waals surface area contributed by atoms with E-state index >= 15 is 0 Å². The number of hydrogen-bond donors (Lipinski definition) is 1. The molecule has 22 heavy (non-hydrogen) atoms. The van der Waals surface area contributed by atoms with Gasteiger partial charge in [-0.2, -0.15) is 0 Å². The van der Waals surface area contributed by atoms with Crippen LogP contribution in [0, 0.1) is 0 Å². The van der Waals surface area contributed by atoms with Crippen molar-refractivity contribution in [3.05, 3.63) is 48.0 Å². The van der Waals surface area contributed by atoms with E-state index in [4.69, 9.17) is 14.2 Å². The van der Waals surface area contributed by atoms with E-state index in [-0.39, 0.29) is 12.7 Å². The number of rotatable bonds is 2. The van der Waals surface area contributed by atoms with Gasteiger partial charge in [0.2, 0.25) is 6.79 Å². The zero-order valence-corrected chi connectivity index (χ0v) is 11.9. The normalized spacial score (nSPS) is 18.3. The van der Waals surface area contributed by atoms with Crippen LogP contribution in [0.4, 0.5) is 5.69 Å². The van der Waals surface area contributed by atoms with E-state index in [0.29, 0.717) is 17.9 Å². The van der Waals surface area contributed by atoms with Gasteiger partial charge in [0.1, 0.15) is 5.75 Å². The molecule has 0 bridgehead atoms. The van der Waals surface area contributed by atoms with E-state index in [9.17, 15) is 4.79 Å². The van der Waals surface area contributed by atoms with Gasteiger partial charge >= 0.3 is 0 Å². The van der Waals surface area contributed by atoms with E-state index in [1.807, 2.05) is 36.4 Å². The minimum atomic E-state index is -0.493. The third-order valence-electron chi connectivity index (χ3n) is 3.83. The van der Waals surface area contributed by atoms with E-state index in [2.05, 4.69) is 5.32 Å². The minimum absolute atomic E-state index is 0.130. The number of ether oxygens (including phenoxy) is 3. The number of fused-ring (bicyclic) bond motifs is 2. The van der Waals surface area contributed by atoms with E-state index < -0.39 is 6.10 Å². The topological polar surface area (TPSA) is 56.8 Å². The van der Waals surface area contributed by atoms with Gasteiger partial charge in [-0.1, -0.05) is 18.2 Å². The minimum Gasteiger partial charge on any atom is -0.480 e. The fourth-order valence-corrected chi connectivity index (χ4v) is 2.70. The quantitative estimate of drug-likeness (QED) is 0.926. The number of aryl methyl sites for hydroxylation is 1. The third-order valence-corrected chi connectivity index (χ3v) is 3.83. The zero-order valence-electron chi connectivity index (χ0n) is 11.9. The molecule has 1 unspecified atom stereocenters. The lowest BCUT2D eigenvalue weighted by atomic mass is 10.0. The highest BCUT2D eigenvalue weighted by Gasteiger charge is 2.28. The van der Waals surface area contributed by atoms with Crippen molar-refractivity contribution in [1.29, 1.82) is 0 Å². The number of carbonyl (C=O) groups excluding carboxylic acids is 1. The van der Waals surface area contributed by atoms with Crippen molar-refractivity contribution in [2.75, 3.05) is 12.1 Å². The average molecular weight is 297 g/mol. The second-order valence-electron chi connectivity index (χ2n) is 5.31. The molecule has 112 valence electrons. The Labute approximate surface area is 127 Å². The van der Waals surface area contributed by atoms with Crippen molar-refractivity contribution in [3.8, 4) is 17.2 Å². The molecule has 4 rings (SSSR count). The van der Waals surface area contributed by atoms with Crippen LogP contribution in [0.3, 0.4) is 0 Å². The highest BCUT2D eigenvalue weighted by molar-refractivity contribution is 5.94. The molecule has 0 radical (unpaired) electrons. The maximum Gasteiger partial charge on any atom is 0.265 e. The second kappa shape index (κ2) is 5.26. The summed E-state index contributed by atoms with van der Waals surface area (Å²) < 4.78 is 16.6. The van der Waals surface area contributed by atoms with Crippen LogP contribution < -0.4 is 19.5 Å². The summed E-state index contributed by atoms with van der Waals surface area (Å²) in [7, 11) is 0. The Morgan fingerprint density at radius 3 is 2.64 bits per heavy atom. The molecular formula is C17H15NO4. The monoisotopic (exact) mass is 297 g/mol. The molecule has 0 saturated heterocycles. The first kappa shape index (κ1) is 13.0. The van der Waals surface area contributed by atoms with Gasteiger partial charge in [-0.25, -0.2) is 0 Å². The fraction of sp³-hybridized carbons (Fsp3) is 0.235. The Hall–Kier alpha value is -2.69. The molecule has 1 N–H and O–H groups in total. The summed E-state index contributed by atoms with van der Waals surface area (Å²) in [6.45, 7) is 0.232. The first-order valence-electron chi connectivity index (χ1n) is 7.25. The van der Waals surface area contributed by atoms with Gasteiger partial charge < -0.3 is 19.5 Å². The molecule has 0 spiro atoms. The van der Waals surface area contributed by atoms with Crippen molar-refractivity contribution in [2.45, 2.75) is 18.9 Å². The molecular weight excluding hydrogens is 282 g/mol. The summed E-state index contributed by atoms with van der Waals surface area (Å²) in [5.41, 5.74) is 1.82. The van der Waals surface area contributed by atoms with Gasteiger partial charge in [0.15, 0.2) is 17.6 Å². The summed E-state index contributed by atoms with van der Waals surface area (Å²) in [4.78, 5) is 12.3. The lowest BCUT2D eigenvalue weighted by Crippen LogP contribution is -2.35. The van der Waals surface area contributed by atoms with Gasteiger partial charge in [0.05, 0.1) is 0 Å². The predicted octanol–water partition coefficient (Wildman–Crippen LogP) is 2.75. The van der Waals surface area contributed by atoms with Crippen LogP contribution in [0.25, 0.3) is 0 Å². The molecule has 1 atom stereocenters. The molecule has 2 aliphatic heterocycles. The van der Waals surface area contributed by atoms with Gasteiger partial charge in [-0.15, -0.1) is 0 Å². The van der Waals surface area contributed by atoms with E-state index in [1.54, 1.807) is 6.07 Å². The number of para-hydroxylation sites is 1. The number of anilines is 1. The third kappa shape index (κ3) is 2.35. The molecule has 2 aromatic rings. The molecule has 5 heteroatoms. The molecule has 2 aromatic carbocycles. The van der Waals surface area contributed by atoms with Crippen LogP contribution in [0.5, 0.6) is 17.2 Å². The first-order chi connectivity index (χ1) is 10.8. The molecule has 5 nitrogen and oxygen atoms in total.